The number of anilines is 2. The van der Waals surface area contributed by atoms with Gasteiger partial charge in [0.05, 0.1) is 7.11 Å². The lowest BCUT2D eigenvalue weighted by Crippen LogP contribution is -2.19. The summed E-state index contributed by atoms with van der Waals surface area (Å²) in [6.45, 7) is 6.04. The van der Waals surface area contributed by atoms with Crippen LogP contribution in [-0.4, -0.2) is 26.1 Å². The Labute approximate surface area is 152 Å². The van der Waals surface area contributed by atoms with Crippen molar-refractivity contribution in [3.05, 3.63) is 53.3 Å². The fourth-order valence-electron chi connectivity index (χ4n) is 3.58. The minimum Gasteiger partial charge on any atom is -0.497 e. The Kier molecular flexibility index (Phi) is 4.07. The Balaban J connectivity index is 1.63. The molecule has 0 saturated heterocycles. The number of benzene rings is 2. The van der Waals surface area contributed by atoms with Crippen LogP contribution in [0.25, 0.3) is 11.0 Å². The molecule has 26 heavy (non-hydrogen) atoms. The predicted octanol–water partition coefficient (Wildman–Crippen LogP) is 4.38. The number of hydrogen-bond acceptors (Lipinski definition) is 4. The highest BCUT2D eigenvalue weighted by molar-refractivity contribution is 6.06. The van der Waals surface area contributed by atoms with Crippen LogP contribution in [0.3, 0.4) is 0 Å². The van der Waals surface area contributed by atoms with Crippen molar-refractivity contribution in [2.75, 3.05) is 30.4 Å². The van der Waals surface area contributed by atoms with Gasteiger partial charge in [-0.3, -0.25) is 4.79 Å². The number of methoxy groups -OCH3 is 1. The van der Waals surface area contributed by atoms with Gasteiger partial charge < -0.3 is 19.4 Å². The third kappa shape index (κ3) is 2.69. The molecule has 0 fully saturated rings. The van der Waals surface area contributed by atoms with Gasteiger partial charge >= 0.3 is 0 Å². The van der Waals surface area contributed by atoms with Crippen molar-refractivity contribution in [3.8, 4) is 5.75 Å². The van der Waals surface area contributed by atoms with E-state index in [0.29, 0.717) is 11.3 Å². The zero-order chi connectivity index (χ0) is 18.3. The molecule has 134 valence electrons. The van der Waals surface area contributed by atoms with Gasteiger partial charge in [0.2, 0.25) is 0 Å². The molecule has 0 unspecified atom stereocenters. The summed E-state index contributed by atoms with van der Waals surface area (Å²) in [6, 6.07) is 11.6. The van der Waals surface area contributed by atoms with E-state index in [4.69, 9.17) is 9.15 Å². The number of nitrogens with one attached hydrogen (secondary N) is 1. The SMILES string of the molecule is CCN1CCc2ccc(NC(=O)c3oc4ccc(OC)cc4c3C)cc21. The number of likely N-dealkylation sites (N-methyl/N-ethyl adjacent to an activating group) is 1. The lowest BCUT2D eigenvalue weighted by molar-refractivity contribution is 0.0998. The number of rotatable bonds is 4. The van der Waals surface area contributed by atoms with Crippen molar-refractivity contribution in [2.45, 2.75) is 20.3 Å². The summed E-state index contributed by atoms with van der Waals surface area (Å²) in [4.78, 5) is 15.1. The van der Waals surface area contributed by atoms with E-state index in [9.17, 15) is 4.79 Å². The molecule has 1 aliphatic rings. The van der Waals surface area contributed by atoms with Crippen molar-refractivity contribution in [2.24, 2.45) is 0 Å². The predicted molar refractivity (Wildman–Crippen MR) is 103 cm³/mol. The van der Waals surface area contributed by atoms with Crippen LogP contribution in [0.1, 0.15) is 28.6 Å². The van der Waals surface area contributed by atoms with E-state index in [0.717, 1.165) is 41.9 Å². The molecule has 0 spiro atoms. The topological polar surface area (TPSA) is 54.7 Å². The first-order chi connectivity index (χ1) is 12.6. The third-order valence-electron chi connectivity index (χ3n) is 5.07. The average Bonchev–Trinajstić information content (AvgIpc) is 3.22. The molecule has 0 saturated carbocycles. The second-order valence-electron chi connectivity index (χ2n) is 6.55. The summed E-state index contributed by atoms with van der Waals surface area (Å²) in [6.07, 6.45) is 1.06. The molecular weight excluding hydrogens is 328 g/mol. The Hall–Kier alpha value is -2.95. The van der Waals surface area contributed by atoms with Gasteiger partial charge in [0, 0.05) is 35.4 Å². The number of amides is 1. The molecule has 5 heteroatoms. The maximum atomic E-state index is 12.8. The van der Waals surface area contributed by atoms with E-state index in [2.05, 4.69) is 23.2 Å². The Morgan fingerprint density at radius 3 is 2.88 bits per heavy atom. The summed E-state index contributed by atoms with van der Waals surface area (Å²) in [5.41, 5.74) is 4.81. The molecule has 0 radical (unpaired) electrons. The maximum Gasteiger partial charge on any atom is 0.291 e. The number of carbonyl (C=O) groups is 1. The van der Waals surface area contributed by atoms with Gasteiger partial charge in [-0.15, -0.1) is 0 Å². The smallest absolute Gasteiger partial charge is 0.291 e. The van der Waals surface area contributed by atoms with Crippen LogP contribution in [0.15, 0.2) is 40.8 Å². The Morgan fingerprint density at radius 1 is 1.27 bits per heavy atom. The van der Waals surface area contributed by atoms with Crippen LogP contribution in [0.4, 0.5) is 11.4 Å². The highest BCUT2D eigenvalue weighted by Gasteiger charge is 2.21. The van der Waals surface area contributed by atoms with Gasteiger partial charge in [0.15, 0.2) is 5.76 Å². The number of nitrogens with zero attached hydrogens (tertiary/aromatic N) is 1. The first kappa shape index (κ1) is 16.5. The maximum absolute atomic E-state index is 12.8. The molecule has 1 N–H and O–H groups in total. The zero-order valence-corrected chi connectivity index (χ0v) is 15.3. The number of ether oxygens (including phenoxy) is 1. The third-order valence-corrected chi connectivity index (χ3v) is 5.07. The van der Waals surface area contributed by atoms with Crippen molar-refractivity contribution >= 4 is 28.3 Å². The van der Waals surface area contributed by atoms with Gasteiger partial charge in [-0.05, 0) is 56.2 Å². The lowest BCUT2D eigenvalue weighted by atomic mass is 10.1. The number of carbonyl (C=O) groups excluding carboxylic acids is 1. The second kappa shape index (κ2) is 6.41. The fraction of sp³-hybridized carbons (Fsp3) is 0.286. The second-order valence-corrected chi connectivity index (χ2v) is 6.55. The van der Waals surface area contributed by atoms with Crippen LogP contribution in [0.2, 0.25) is 0 Å². The largest absolute Gasteiger partial charge is 0.497 e. The Morgan fingerprint density at radius 2 is 2.12 bits per heavy atom. The van der Waals surface area contributed by atoms with Gasteiger partial charge in [-0.1, -0.05) is 6.07 Å². The van der Waals surface area contributed by atoms with Gasteiger partial charge in [0.25, 0.3) is 5.91 Å². The first-order valence-corrected chi connectivity index (χ1v) is 8.87. The van der Waals surface area contributed by atoms with Gasteiger partial charge in [-0.25, -0.2) is 0 Å². The quantitative estimate of drug-likeness (QED) is 0.758. The number of hydrogen-bond donors (Lipinski definition) is 1. The van der Waals surface area contributed by atoms with E-state index >= 15 is 0 Å². The molecular formula is C21H22N2O3. The monoisotopic (exact) mass is 350 g/mol. The lowest BCUT2D eigenvalue weighted by Gasteiger charge is -2.17. The molecule has 2 heterocycles. The summed E-state index contributed by atoms with van der Waals surface area (Å²) in [7, 11) is 1.62. The average molecular weight is 350 g/mol. The summed E-state index contributed by atoms with van der Waals surface area (Å²) < 4.78 is 11.0. The molecule has 0 atom stereocenters. The number of furan rings is 1. The van der Waals surface area contributed by atoms with E-state index in [1.165, 1.54) is 11.3 Å². The number of aryl methyl sites for hydroxylation is 1. The van der Waals surface area contributed by atoms with Crippen LogP contribution >= 0.6 is 0 Å². The molecule has 2 aromatic carbocycles. The first-order valence-electron chi connectivity index (χ1n) is 8.87. The van der Waals surface area contributed by atoms with Crippen molar-refractivity contribution in [3.63, 3.8) is 0 Å². The molecule has 1 aliphatic heterocycles. The van der Waals surface area contributed by atoms with Crippen LogP contribution in [0.5, 0.6) is 5.75 Å². The van der Waals surface area contributed by atoms with Crippen molar-refractivity contribution in [1.29, 1.82) is 0 Å². The Bertz CT molecular complexity index is 990. The number of fused-ring (bicyclic) bond motifs is 2. The van der Waals surface area contributed by atoms with E-state index in [1.54, 1.807) is 7.11 Å². The highest BCUT2D eigenvalue weighted by Crippen LogP contribution is 2.32. The van der Waals surface area contributed by atoms with Gasteiger partial charge in [-0.2, -0.15) is 0 Å². The van der Waals surface area contributed by atoms with Crippen molar-refractivity contribution < 1.29 is 13.9 Å². The van der Waals surface area contributed by atoms with Crippen LogP contribution in [0, 0.1) is 6.92 Å². The molecule has 0 aliphatic carbocycles. The van der Waals surface area contributed by atoms with E-state index in [-0.39, 0.29) is 5.91 Å². The normalized spacial score (nSPS) is 13.1. The van der Waals surface area contributed by atoms with Crippen molar-refractivity contribution in [1.82, 2.24) is 0 Å². The molecule has 0 bridgehead atoms. The highest BCUT2D eigenvalue weighted by atomic mass is 16.5. The van der Waals surface area contributed by atoms with Crippen LogP contribution < -0.4 is 15.0 Å². The molecule has 1 amide bonds. The fourth-order valence-corrected chi connectivity index (χ4v) is 3.58. The minimum atomic E-state index is -0.237. The molecule has 4 rings (SSSR count). The summed E-state index contributed by atoms with van der Waals surface area (Å²) >= 11 is 0. The van der Waals surface area contributed by atoms with Crippen LogP contribution in [-0.2, 0) is 6.42 Å². The van der Waals surface area contributed by atoms with E-state index < -0.39 is 0 Å². The zero-order valence-electron chi connectivity index (χ0n) is 15.3. The summed E-state index contributed by atoms with van der Waals surface area (Å²) in [5, 5.41) is 3.86. The summed E-state index contributed by atoms with van der Waals surface area (Å²) in [5.74, 6) is 0.839. The van der Waals surface area contributed by atoms with E-state index in [1.807, 2.05) is 37.3 Å². The molecule has 3 aromatic rings. The van der Waals surface area contributed by atoms with Gasteiger partial charge in [0.1, 0.15) is 11.3 Å². The minimum absolute atomic E-state index is 0.237. The standard InChI is InChI=1S/C21H22N2O3/c1-4-23-10-9-14-5-6-15(11-18(14)23)22-21(24)20-13(2)17-12-16(25-3)7-8-19(17)26-20/h5-8,11-12H,4,9-10H2,1-3H3,(H,22,24). The molecule has 5 nitrogen and oxygen atoms in total. The molecule has 1 aromatic heterocycles.